The van der Waals surface area contributed by atoms with Crippen LogP contribution in [-0.4, -0.2) is 7.28 Å². The first-order chi connectivity index (χ1) is 17.4. The van der Waals surface area contributed by atoms with Gasteiger partial charge in [0.1, 0.15) is 7.28 Å². The van der Waals surface area contributed by atoms with Crippen molar-refractivity contribution in [2.45, 2.75) is 25.5 Å². The minimum Gasteiger partial charge on any atom is -0.0744 e. The molecule has 15 saturated carbocycles. The van der Waals surface area contributed by atoms with Gasteiger partial charge in [0.15, 0.2) is 0 Å². The van der Waals surface area contributed by atoms with Gasteiger partial charge in [-0.2, -0.15) is 0 Å². The molecular weight excluding hydrogens is 419 g/mol. The minimum absolute atomic E-state index is 1.16. The molecule has 1 heteroatoms. The third-order valence-electron chi connectivity index (χ3n) is 21.5. The van der Waals surface area contributed by atoms with Crippen LogP contribution in [0.3, 0.4) is 0 Å². The molecule has 0 spiro atoms. The second-order valence-electron chi connectivity index (χ2n) is 19.3. The second-order valence-corrected chi connectivity index (χ2v) is 19.3. The minimum atomic E-state index is 1.16. The normalized spacial score (nSPS) is 97.6. The van der Waals surface area contributed by atoms with Crippen LogP contribution in [0.1, 0.15) is 13.3 Å². The molecule has 0 aromatic rings. The zero-order valence-electron chi connectivity index (χ0n) is 21.0. The van der Waals surface area contributed by atoms with Crippen molar-refractivity contribution in [3.63, 3.8) is 0 Å². The molecule has 16 fully saturated rings. The van der Waals surface area contributed by atoms with Gasteiger partial charge < -0.3 is 0 Å². The van der Waals surface area contributed by atoms with E-state index in [1.54, 1.807) is 20.0 Å². The fraction of sp³-hybridized carbons (Fsp3) is 1.00. The summed E-state index contributed by atoms with van der Waals surface area (Å²) in [5.74, 6) is 40.0. The smallest absolute Gasteiger partial charge is 0.0744 e. The Hall–Kier alpha value is 0.0649. The van der Waals surface area contributed by atoms with Gasteiger partial charge in [-0.25, -0.2) is 0 Å². The average Bonchev–Trinajstić information content (AvgIpc) is 3.42. The zero-order valence-corrected chi connectivity index (χ0v) is 21.0. The van der Waals surface area contributed by atoms with Gasteiger partial charge in [-0.1, -0.05) is 19.1 Å². The predicted octanol–water partition coefficient (Wildman–Crippen LogP) is 4.74. The van der Waals surface area contributed by atoms with E-state index >= 15 is 0 Å². The standard InChI is InChI=1S/C34H39B/c1-4-8-13(20-15(8)22-17-10-5-2-6(5)11(10)18(17)24(20)22)14-9(4)16-21(14)26-23(16)27-28-25-19-12-7-3-35-34(7)33(12)32(19)31(25)30(28)29(26)27/h4-35H,2-3H2,1H3. The van der Waals surface area contributed by atoms with Gasteiger partial charge >= 0.3 is 0 Å². The second kappa shape index (κ2) is 4.04. The van der Waals surface area contributed by atoms with E-state index in [4.69, 9.17) is 0 Å². The summed E-state index contributed by atoms with van der Waals surface area (Å²) in [5.41, 5.74) is 0. The molecule has 0 amide bonds. The van der Waals surface area contributed by atoms with E-state index in [9.17, 15) is 0 Å². The van der Waals surface area contributed by atoms with Gasteiger partial charge in [-0.05, 0) is 184 Å². The summed E-state index contributed by atoms with van der Waals surface area (Å²) in [6, 6.07) is 0. The van der Waals surface area contributed by atoms with E-state index in [0.717, 1.165) is 5.92 Å². The van der Waals surface area contributed by atoms with Gasteiger partial charge in [-0.15, -0.1) is 0 Å². The van der Waals surface area contributed by atoms with Crippen molar-refractivity contribution in [2.75, 3.05) is 0 Å². The predicted molar refractivity (Wildman–Crippen MR) is 131 cm³/mol. The number of hydrogen-bond donors (Lipinski definition) is 0. The Kier molecular flexibility index (Phi) is 1.87. The van der Waals surface area contributed by atoms with Gasteiger partial charge in [0.05, 0.1) is 0 Å². The number of hydrogen-bond acceptors (Lipinski definition) is 0. The first-order valence-corrected chi connectivity index (χ1v) is 17.4. The molecule has 16 rings (SSSR count). The maximum atomic E-state index is 2.82. The van der Waals surface area contributed by atoms with Crippen molar-refractivity contribution in [3.8, 4) is 0 Å². The van der Waals surface area contributed by atoms with Crippen molar-refractivity contribution < 1.29 is 0 Å². The maximum Gasteiger partial charge on any atom is 0.125 e. The summed E-state index contributed by atoms with van der Waals surface area (Å²) in [6.07, 6.45) is 3.34. The Balaban J connectivity index is 0.730. The SMILES string of the molecule is CC1C2C(C3C1C1C3C3C1C1C4C5C6C7C8CBC8C7C6C5C4C31)C1C2C2C3C4C5CC5C4C3C12. The molecule has 0 bridgehead atoms. The summed E-state index contributed by atoms with van der Waals surface area (Å²) in [7, 11) is 1.65. The summed E-state index contributed by atoms with van der Waals surface area (Å²) >= 11 is 0. The molecule has 0 nitrogen and oxygen atoms in total. The summed E-state index contributed by atoms with van der Waals surface area (Å²) < 4.78 is 0. The van der Waals surface area contributed by atoms with Crippen LogP contribution in [-0.2, 0) is 0 Å². The molecule has 178 valence electrons. The summed E-state index contributed by atoms with van der Waals surface area (Å²) in [5, 5.41) is 0. The van der Waals surface area contributed by atoms with Crippen LogP contribution in [0.5, 0.6) is 0 Å². The highest BCUT2D eigenvalue weighted by Crippen LogP contribution is 2.98. The number of rotatable bonds is 0. The monoisotopic (exact) mass is 458 g/mol. The highest BCUT2D eigenvalue weighted by molar-refractivity contribution is 6.43. The van der Waals surface area contributed by atoms with Crippen LogP contribution in [0.4, 0.5) is 0 Å². The van der Waals surface area contributed by atoms with Crippen molar-refractivity contribution in [1.82, 2.24) is 0 Å². The van der Waals surface area contributed by atoms with E-state index in [-0.39, 0.29) is 0 Å². The van der Waals surface area contributed by atoms with E-state index in [2.05, 4.69) is 6.92 Å². The molecule has 0 aromatic heterocycles. The van der Waals surface area contributed by atoms with Crippen molar-refractivity contribution in [2.24, 2.45) is 178 Å². The van der Waals surface area contributed by atoms with Crippen molar-refractivity contribution >= 4 is 7.28 Å². The van der Waals surface area contributed by atoms with Crippen molar-refractivity contribution in [3.05, 3.63) is 0 Å². The molecule has 16 aliphatic rings. The molecule has 0 radical (unpaired) electrons. The van der Waals surface area contributed by atoms with Crippen LogP contribution in [0.25, 0.3) is 0 Å². The summed E-state index contributed by atoms with van der Waals surface area (Å²) in [4.78, 5) is 0. The van der Waals surface area contributed by atoms with Gasteiger partial charge in [0, 0.05) is 0 Å². The Labute approximate surface area is 210 Å². The van der Waals surface area contributed by atoms with Gasteiger partial charge in [0.2, 0.25) is 0 Å². The number of fused-ring (bicyclic) bond motifs is 42. The van der Waals surface area contributed by atoms with Crippen molar-refractivity contribution in [1.29, 1.82) is 0 Å². The molecule has 1 saturated heterocycles. The quantitative estimate of drug-likeness (QED) is 0.363. The zero-order chi connectivity index (χ0) is 21.0. The Morgan fingerprint density at radius 3 is 1.03 bits per heavy atom. The topological polar surface area (TPSA) is 0 Å². The lowest BCUT2D eigenvalue weighted by atomic mass is 9.06. The van der Waals surface area contributed by atoms with Crippen LogP contribution >= 0.6 is 0 Å². The highest BCUT2D eigenvalue weighted by Gasteiger charge is 2.95. The molecule has 15 aliphatic carbocycles. The van der Waals surface area contributed by atoms with Crippen LogP contribution < -0.4 is 0 Å². The molecular formula is C34H39B. The van der Waals surface area contributed by atoms with Gasteiger partial charge in [-0.3, -0.25) is 0 Å². The Bertz CT molecular complexity index is 1270. The first kappa shape index (κ1) is 16.2. The van der Waals surface area contributed by atoms with E-state index in [0.29, 0.717) is 0 Å². The highest BCUT2D eigenvalue weighted by atomic mass is 15.0. The molecule has 1 aliphatic heterocycles. The molecule has 31 atom stereocenters. The van der Waals surface area contributed by atoms with Crippen LogP contribution in [0.15, 0.2) is 0 Å². The van der Waals surface area contributed by atoms with Crippen LogP contribution in [0.2, 0.25) is 12.1 Å². The molecule has 0 aromatic carbocycles. The van der Waals surface area contributed by atoms with E-state index in [1.807, 2.05) is 0 Å². The van der Waals surface area contributed by atoms with Gasteiger partial charge in [0.25, 0.3) is 0 Å². The molecule has 31 unspecified atom stereocenters. The largest absolute Gasteiger partial charge is 0.125 e. The Morgan fingerprint density at radius 2 is 0.657 bits per heavy atom. The maximum absolute atomic E-state index is 2.82. The molecule has 35 heavy (non-hydrogen) atoms. The van der Waals surface area contributed by atoms with Crippen LogP contribution in [0, 0.1) is 178 Å². The lowest BCUT2D eigenvalue weighted by Crippen LogP contribution is -2.92. The third kappa shape index (κ3) is 1.05. The fourth-order valence-corrected chi connectivity index (χ4v) is 21.6. The fourth-order valence-electron chi connectivity index (χ4n) is 21.6. The van der Waals surface area contributed by atoms with E-state index < -0.39 is 0 Å². The average molecular weight is 458 g/mol. The Morgan fingerprint density at radius 1 is 0.343 bits per heavy atom. The molecule has 1 heterocycles. The lowest BCUT2D eigenvalue weighted by Gasteiger charge is -2.96. The van der Waals surface area contributed by atoms with E-state index in [1.165, 1.54) is 177 Å². The third-order valence-corrected chi connectivity index (χ3v) is 21.5. The lowest BCUT2D eigenvalue weighted by molar-refractivity contribution is -0.483. The molecule has 0 N–H and O–H groups in total. The summed E-state index contributed by atoms with van der Waals surface area (Å²) in [6.45, 7) is 2.82. The first-order valence-electron chi connectivity index (χ1n) is 17.4.